The number of esters is 1. The van der Waals surface area contributed by atoms with Gasteiger partial charge in [0.05, 0.1) is 6.61 Å². The average molecular weight is 499 g/mol. The number of hydrogen-bond acceptors (Lipinski definition) is 4. The van der Waals surface area contributed by atoms with E-state index in [0.717, 1.165) is 36.5 Å². The van der Waals surface area contributed by atoms with Crippen LogP contribution in [0, 0.1) is 29.6 Å². The van der Waals surface area contributed by atoms with E-state index in [1.165, 1.54) is 77.0 Å². The van der Waals surface area contributed by atoms with Crippen LogP contribution in [-0.4, -0.2) is 36.9 Å². The second kappa shape index (κ2) is 22.1. The SMILES string of the molecule is CC(C)CCCC(C)CCCC(C)CCCCC(C)CCCC(C)CCOC(=O)COCC(=O)O. The molecule has 4 atom stereocenters. The van der Waals surface area contributed by atoms with Crippen molar-refractivity contribution < 1.29 is 24.2 Å². The fraction of sp³-hybridized carbons (Fsp3) is 0.933. The number of rotatable bonds is 24. The first kappa shape index (κ1) is 33.9. The highest BCUT2D eigenvalue weighted by atomic mass is 16.6. The average Bonchev–Trinajstić information content (AvgIpc) is 2.76. The van der Waals surface area contributed by atoms with Gasteiger partial charge in [-0.1, -0.05) is 125 Å². The van der Waals surface area contributed by atoms with Crippen LogP contribution in [0.3, 0.4) is 0 Å². The summed E-state index contributed by atoms with van der Waals surface area (Å²) in [5.41, 5.74) is 0. The molecule has 0 aromatic carbocycles. The lowest BCUT2D eigenvalue weighted by molar-refractivity contribution is -0.152. The Morgan fingerprint density at radius 1 is 0.571 bits per heavy atom. The van der Waals surface area contributed by atoms with Crippen LogP contribution in [0.1, 0.15) is 131 Å². The zero-order chi connectivity index (χ0) is 26.5. The fourth-order valence-corrected chi connectivity index (χ4v) is 4.70. The van der Waals surface area contributed by atoms with Gasteiger partial charge in [0.15, 0.2) is 0 Å². The van der Waals surface area contributed by atoms with Gasteiger partial charge in [-0.3, -0.25) is 0 Å². The van der Waals surface area contributed by atoms with Crippen molar-refractivity contribution in [3.05, 3.63) is 0 Å². The molecule has 1 N–H and O–H groups in total. The Morgan fingerprint density at radius 3 is 1.40 bits per heavy atom. The second-order valence-corrected chi connectivity index (χ2v) is 11.8. The number of carbonyl (C=O) groups is 2. The molecule has 5 nitrogen and oxygen atoms in total. The fourth-order valence-electron chi connectivity index (χ4n) is 4.70. The molecule has 0 heterocycles. The van der Waals surface area contributed by atoms with Crippen LogP contribution < -0.4 is 0 Å². The van der Waals surface area contributed by atoms with Gasteiger partial charge >= 0.3 is 11.9 Å². The van der Waals surface area contributed by atoms with E-state index >= 15 is 0 Å². The van der Waals surface area contributed by atoms with Crippen molar-refractivity contribution in [2.24, 2.45) is 29.6 Å². The Bertz CT molecular complexity index is 519. The minimum absolute atomic E-state index is 0.297. The molecule has 0 rings (SSSR count). The zero-order valence-corrected chi connectivity index (χ0v) is 24.0. The third kappa shape index (κ3) is 24.4. The van der Waals surface area contributed by atoms with E-state index in [2.05, 4.69) is 41.5 Å². The van der Waals surface area contributed by atoms with Gasteiger partial charge in [0.1, 0.15) is 13.2 Å². The molecule has 0 aliphatic carbocycles. The number of hydrogen-bond donors (Lipinski definition) is 1. The molecule has 0 aromatic rings. The summed E-state index contributed by atoms with van der Waals surface area (Å²) in [7, 11) is 0. The molecule has 0 aliphatic heterocycles. The third-order valence-electron chi connectivity index (χ3n) is 7.23. The molecule has 0 spiro atoms. The summed E-state index contributed by atoms with van der Waals surface area (Å²) >= 11 is 0. The molecular formula is C30H58O5. The summed E-state index contributed by atoms with van der Waals surface area (Å²) < 4.78 is 9.84. The smallest absolute Gasteiger partial charge is 0.332 e. The van der Waals surface area contributed by atoms with Crippen LogP contribution in [0.15, 0.2) is 0 Å². The van der Waals surface area contributed by atoms with Crippen LogP contribution >= 0.6 is 0 Å². The zero-order valence-electron chi connectivity index (χ0n) is 24.0. The Kier molecular flexibility index (Phi) is 21.4. The highest BCUT2D eigenvalue weighted by molar-refractivity contribution is 5.72. The number of carboxylic acids is 1. The minimum atomic E-state index is -1.08. The molecule has 0 aromatic heterocycles. The summed E-state index contributed by atoms with van der Waals surface area (Å²) in [6.07, 6.45) is 18.3. The van der Waals surface area contributed by atoms with Crippen molar-refractivity contribution >= 4 is 11.9 Å². The third-order valence-corrected chi connectivity index (χ3v) is 7.23. The molecule has 0 fully saturated rings. The minimum Gasteiger partial charge on any atom is -0.480 e. The van der Waals surface area contributed by atoms with E-state index in [1.807, 2.05) is 0 Å². The van der Waals surface area contributed by atoms with Gasteiger partial charge in [-0.15, -0.1) is 0 Å². The molecule has 5 heteroatoms. The summed E-state index contributed by atoms with van der Waals surface area (Å²) in [6.45, 7) is 13.7. The molecule has 0 saturated heterocycles. The quantitative estimate of drug-likeness (QED) is 0.107. The van der Waals surface area contributed by atoms with Crippen LogP contribution in [-0.2, 0) is 19.1 Å². The molecule has 4 unspecified atom stereocenters. The maximum absolute atomic E-state index is 11.5. The highest BCUT2D eigenvalue weighted by Gasteiger charge is 2.10. The van der Waals surface area contributed by atoms with Crippen molar-refractivity contribution in [2.75, 3.05) is 19.8 Å². The molecule has 0 radical (unpaired) electrons. The van der Waals surface area contributed by atoms with Crippen molar-refractivity contribution in [3.63, 3.8) is 0 Å². The Balaban J connectivity index is 3.60. The highest BCUT2D eigenvalue weighted by Crippen LogP contribution is 2.23. The van der Waals surface area contributed by atoms with Gasteiger partial charge in [0, 0.05) is 0 Å². The first-order valence-corrected chi connectivity index (χ1v) is 14.5. The van der Waals surface area contributed by atoms with Crippen LogP contribution in [0.2, 0.25) is 0 Å². The van der Waals surface area contributed by atoms with E-state index in [9.17, 15) is 9.59 Å². The van der Waals surface area contributed by atoms with Gasteiger partial charge in [-0.2, -0.15) is 0 Å². The van der Waals surface area contributed by atoms with E-state index in [4.69, 9.17) is 14.6 Å². The van der Waals surface area contributed by atoms with Crippen molar-refractivity contribution in [1.82, 2.24) is 0 Å². The lowest BCUT2D eigenvalue weighted by atomic mass is 9.90. The molecule has 35 heavy (non-hydrogen) atoms. The van der Waals surface area contributed by atoms with Crippen LogP contribution in [0.4, 0.5) is 0 Å². The normalized spacial score (nSPS) is 15.1. The lowest BCUT2D eigenvalue weighted by Gasteiger charge is -2.16. The largest absolute Gasteiger partial charge is 0.480 e. The molecular weight excluding hydrogens is 440 g/mol. The number of ether oxygens (including phenoxy) is 2. The van der Waals surface area contributed by atoms with Gasteiger partial charge in [-0.25, -0.2) is 9.59 Å². The predicted molar refractivity (Wildman–Crippen MR) is 146 cm³/mol. The Labute approximate surface area is 217 Å². The van der Waals surface area contributed by atoms with Crippen LogP contribution in [0.25, 0.3) is 0 Å². The van der Waals surface area contributed by atoms with Gasteiger partial charge < -0.3 is 14.6 Å². The van der Waals surface area contributed by atoms with E-state index < -0.39 is 18.5 Å². The Morgan fingerprint density at radius 2 is 0.971 bits per heavy atom. The predicted octanol–water partition coefficient (Wildman–Crippen LogP) is 8.29. The summed E-state index contributed by atoms with van der Waals surface area (Å²) in [4.78, 5) is 21.8. The van der Waals surface area contributed by atoms with E-state index in [0.29, 0.717) is 12.5 Å². The van der Waals surface area contributed by atoms with Gasteiger partial charge in [0.2, 0.25) is 0 Å². The molecule has 0 bridgehead atoms. The topological polar surface area (TPSA) is 72.8 Å². The summed E-state index contributed by atoms with van der Waals surface area (Å²) in [5.74, 6) is 2.34. The standard InChI is InChI=1S/C30H58O5/c1-24(2)12-9-15-27(5)18-10-16-25(3)13-7-8-14-26(4)17-11-19-28(6)20-21-35-30(33)23-34-22-29(31)32/h24-28H,7-23H2,1-6H3,(H,31,32). The first-order chi connectivity index (χ1) is 16.6. The Hall–Kier alpha value is -1.10. The number of unbranched alkanes of at least 4 members (excludes halogenated alkanes) is 1. The summed E-state index contributed by atoms with van der Waals surface area (Å²) in [6, 6.07) is 0. The van der Waals surface area contributed by atoms with Crippen molar-refractivity contribution in [3.8, 4) is 0 Å². The number of carbonyl (C=O) groups excluding carboxylic acids is 1. The molecule has 0 aliphatic rings. The maximum Gasteiger partial charge on any atom is 0.332 e. The number of aliphatic carboxylic acids is 1. The van der Waals surface area contributed by atoms with Gasteiger partial charge in [0.25, 0.3) is 0 Å². The van der Waals surface area contributed by atoms with Crippen molar-refractivity contribution in [2.45, 2.75) is 131 Å². The maximum atomic E-state index is 11.5. The van der Waals surface area contributed by atoms with E-state index in [-0.39, 0.29) is 6.61 Å². The second-order valence-electron chi connectivity index (χ2n) is 11.8. The molecule has 0 saturated carbocycles. The lowest BCUT2D eigenvalue weighted by Crippen LogP contribution is -2.17. The van der Waals surface area contributed by atoms with Crippen molar-refractivity contribution in [1.29, 1.82) is 0 Å². The molecule has 0 amide bonds. The van der Waals surface area contributed by atoms with Gasteiger partial charge in [-0.05, 0) is 36.0 Å². The van der Waals surface area contributed by atoms with E-state index in [1.54, 1.807) is 0 Å². The first-order valence-electron chi connectivity index (χ1n) is 14.5. The number of carboxylic acid groups (broad SMARTS) is 1. The van der Waals surface area contributed by atoms with Crippen LogP contribution in [0.5, 0.6) is 0 Å². The molecule has 208 valence electrons. The monoisotopic (exact) mass is 498 g/mol. The summed E-state index contributed by atoms with van der Waals surface area (Å²) in [5, 5.41) is 8.48.